The molecule has 0 spiro atoms. The topological polar surface area (TPSA) is 55.4 Å². The number of imide groups is 1. The quantitative estimate of drug-likeness (QED) is 0.824. The Morgan fingerprint density at radius 2 is 1.95 bits per heavy atom. The smallest absolute Gasteiger partial charge is 0.230 e. The Hall–Kier alpha value is -1.84. The van der Waals surface area contributed by atoms with Crippen LogP contribution < -0.4 is 10.1 Å². The van der Waals surface area contributed by atoms with E-state index in [9.17, 15) is 9.59 Å². The lowest BCUT2D eigenvalue weighted by Crippen LogP contribution is -2.22. The van der Waals surface area contributed by atoms with Gasteiger partial charge in [0.2, 0.25) is 11.8 Å². The highest BCUT2D eigenvalue weighted by molar-refractivity contribution is 6.03. The highest BCUT2D eigenvalue weighted by Crippen LogP contribution is 2.19. The molecule has 2 rings (SSSR count). The number of benzene rings is 1. The maximum absolute atomic E-state index is 11.5. The van der Waals surface area contributed by atoms with E-state index < -0.39 is 0 Å². The van der Waals surface area contributed by atoms with E-state index in [0.29, 0.717) is 25.4 Å². The summed E-state index contributed by atoms with van der Waals surface area (Å²) < 4.78 is 5.60. The molecular formula is C15H19NO3. The Kier molecular flexibility index (Phi) is 4.20. The van der Waals surface area contributed by atoms with Crippen LogP contribution >= 0.6 is 0 Å². The van der Waals surface area contributed by atoms with Gasteiger partial charge in [0, 0.05) is 6.42 Å². The summed E-state index contributed by atoms with van der Waals surface area (Å²) in [5.74, 6) is 0.768. The minimum Gasteiger partial charge on any atom is -0.493 e. The van der Waals surface area contributed by atoms with Gasteiger partial charge in [-0.3, -0.25) is 14.9 Å². The van der Waals surface area contributed by atoms with Crippen molar-refractivity contribution >= 4 is 11.8 Å². The monoisotopic (exact) mass is 261 g/mol. The van der Waals surface area contributed by atoms with Crippen LogP contribution in [0.5, 0.6) is 5.75 Å². The van der Waals surface area contributed by atoms with E-state index >= 15 is 0 Å². The third-order valence-electron chi connectivity index (χ3n) is 3.05. The minimum atomic E-state index is -0.227. The molecule has 0 aromatic heterocycles. The van der Waals surface area contributed by atoms with Gasteiger partial charge in [0.15, 0.2) is 0 Å². The molecule has 4 nitrogen and oxygen atoms in total. The van der Waals surface area contributed by atoms with E-state index in [2.05, 4.69) is 19.2 Å². The number of rotatable bonds is 5. The second-order valence-corrected chi connectivity index (χ2v) is 5.37. The van der Waals surface area contributed by atoms with E-state index in [1.807, 2.05) is 24.3 Å². The molecule has 1 fully saturated rings. The van der Waals surface area contributed by atoms with E-state index in [4.69, 9.17) is 4.74 Å². The largest absolute Gasteiger partial charge is 0.493 e. The molecule has 19 heavy (non-hydrogen) atoms. The summed E-state index contributed by atoms with van der Waals surface area (Å²) in [4.78, 5) is 22.6. The molecule has 0 radical (unpaired) electrons. The normalized spacial score (nSPS) is 18.8. The summed E-state index contributed by atoms with van der Waals surface area (Å²) in [7, 11) is 0. The fourth-order valence-corrected chi connectivity index (χ4v) is 2.04. The first kappa shape index (κ1) is 13.6. The van der Waals surface area contributed by atoms with Crippen molar-refractivity contribution in [1.82, 2.24) is 5.32 Å². The average molecular weight is 261 g/mol. The first-order valence-corrected chi connectivity index (χ1v) is 6.60. The van der Waals surface area contributed by atoms with Gasteiger partial charge in [-0.25, -0.2) is 0 Å². The molecule has 102 valence electrons. The molecule has 1 aromatic carbocycles. The van der Waals surface area contributed by atoms with Gasteiger partial charge in [-0.2, -0.15) is 0 Å². The predicted molar refractivity (Wildman–Crippen MR) is 71.7 cm³/mol. The Morgan fingerprint density at radius 3 is 2.47 bits per heavy atom. The molecule has 2 amide bonds. The van der Waals surface area contributed by atoms with Gasteiger partial charge in [0.25, 0.3) is 0 Å². The highest BCUT2D eigenvalue weighted by Gasteiger charge is 2.30. The van der Waals surface area contributed by atoms with Crippen LogP contribution in [0.2, 0.25) is 0 Å². The highest BCUT2D eigenvalue weighted by atomic mass is 16.5. The van der Waals surface area contributed by atoms with Crippen LogP contribution in [0.1, 0.15) is 25.8 Å². The zero-order valence-corrected chi connectivity index (χ0v) is 11.3. The Morgan fingerprint density at radius 1 is 1.26 bits per heavy atom. The molecule has 1 heterocycles. The van der Waals surface area contributed by atoms with Crippen molar-refractivity contribution in [1.29, 1.82) is 0 Å². The summed E-state index contributed by atoms with van der Waals surface area (Å²) in [5.41, 5.74) is 1.05. The third kappa shape index (κ3) is 3.81. The molecule has 0 aliphatic carbocycles. The van der Waals surface area contributed by atoms with Crippen molar-refractivity contribution in [3.8, 4) is 5.75 Å². The zero-order valence-electron chi connectivity index (χ0n) is 11.3. The van der Waals surface area contributed by atoms with Crippen LogP contribution in [0.3, 0.4) is 0 Å². The van der Waals surface area contributed by atoms with Crippen molar-refractivity contribution in [2.24, 2.45) is 11.8 Å². The molecule has 0 unspecified atom stereocenters. The van der Waals surface area contributed by atoms with Crippen LogP contribution in [-0.4, -0.2) is 18.4 Å². The SMILES string of the molecule is CC(C)COc1ccc(C[C@H]2CC(=O)NC2=O)cc1. The molecule has 0 saturated carbocycles. The number of ether oxygens (including phenoxy) is 1. The van der Waals surface area contributed by atoms with Crippen molar-refractivity contribution < 1.29 is 14.3 Å². The molecule has 0 bridgehead atoms. The van der Waals surface area contributed by atoms with E-state index in [1.165, 1.54) is 0 Å². The summed E-state index contributed by atoms with van der Waals surface area (Å²) >= 11 is 0. The third-order valence-corrected chi connectivity index (χ3v) is 3.05. The lowest BCUT2D eigenvalue weighted by molar-refractivity contribution is -0.125. The number of carbonyl (C=O) groups is 2. The van der Waals surface area contributed by atoms with Crippen molar-refractivity contribution in [2.45, 2.75) is 26.7 Å². The number of amides is 2. The minimum absolute atomic E-state index is 0.162. The average Bonchev–Trinajstić information content (AvgIpc) is 2.67. The number of hydrogen-bond acceptors (Lipinski definition) is 3. The van der Waals surface area contributed by atoms with Crippen molar-refractivity contribution in [2.75, 3.05) is 6.61 Å². The van der Waals surface area contributed by atoms with Crippen molar-refractivity contribution in [3.05, 3.63) is 29.8 Å². The fraction of sp³-hybridized carbons (Fsp3) is 0.467. The zero-order chi connectivity index (χ0) is 13.8. The summed E-state index contributed by atoms with van der Waals surface area (Å²) in [6, 6.07) is 7.72. The van der Waals surface area contributed by atoms with Crippen LogP contribution in [0.25, 0.3) is 0 Å². The fourth-order valence-electron chi connectivity index (χ4n) is 2.04. The van der Waals surface area contributed by atoms with Crippen molar-refractivity contribution in [3.63, 3.8) is 0 Å². The molecule has 1 aliphatic rings. The molecule has 1 atom stereocenters. The van der Waals surface area contributed by atoms with Gasteiger partial charge >= 0.3 is 0 Å². The summed E-state index contributed by atoms with van der Waals surface area (Å²) in [5, 5.41) is 2.33. The van der Waals surface area contributed by atoms with Gasteiger partial charge in [0.1, 0.15) is 5.75 Å². The number of nitrogens with one attached hydrogen (secondary N) is 1. The number of carbonyl (C=O) groups excluding carboxylic acids is 2. The molecule has 1 aromatic rings. The first-order valence-electron chi connectivity index (χ1n) is 6.60. The summed E-state index contributed by atoms with van der Waals surface area (Å²) in [6.07, 6.45) is 0.895. The van der Waals surface area contributed by atoms with Gasteiger partial charge in [-0.15, -0.1) is 0 Å². The molecule has 1 aliphatic heterocycles. The maximum atomic E-state index is 11.5. The van der Waals surface area contributed by atoms with E-state index in [0.717, 1.165) is 11.3 Å². The van der Waals surface area contributed by atoms with Crippen LogP contribution in [0, 0.1) is 11.8 Å². The van der Waals surface area contributed by atoms with Crippen LogP contribution in [-0.2, 0) is 16.0 Å². The molecule has 4 heteroatoms. The predicted octanol–water partition coefficient (Wildman–Crippen LogP) is 1.93. The molecule has 1 N–H and O–H groups in total. The Balaban J connectivity index is 1.91. The molecular weight excluding hydrogens is 242 g/mol. The van der Waals surface area contributed by atoms with Crippen LogP contribution in [0.4, 0.5) is 0 Å². The lowest BCUT2D eigenvalue weighted by Gasteiger charge is -2.10. The Bertz CT molecular complexity index is 465. The second-order valence-electron chi connectivity index (χ2n) is 5.37. The van der Waals surface area contributed by atoms with E-state index in [-0.39, 0.29) is 17.7 Å². The van der Waals surface area contributed by atoms with Crippen LogP contribution in [0.15, 0.2) is 24.3 Å². The van der Waals surface area contributed by atoms with Gasteiger partial charge in [0.05, 0.1) is 12.5 Å². The number of hydrogen-bond donors (Lipinski definition) is 1. The second kappa shape index (κ2) is 5.87. The molecule has 1 saturated heterocycles. The lowest BCUT2D eigenvalue weighted by atomic mass is 9.98. The van der Waals surface area contributed by atoms with Gasteiger partial charge < -0.3 is 4.74 Å². The maximum Gasteiger partial charge on any atom is 0.230 e. The standard InChI is InChI=1S/C15H19NO3/c1-10(2)9-19-13-5-3-11(4-6-13)7-12-8-14(17)16-15(12)18/h3-6,10,12H,7-9H2,1-2H3,(H,16,17,18)/t12-/m0/s1. The summed E-state index contributed by atoms with van der Waals surface area (Å²) in [6.45, 7) is 4.90. The van der Waals surface area contributed by atoms with Gasteiger partial charge in [-0.1, -0.05) is 26.0 Å². The first-order chi connectivity index (χ1) is 9.04. The van der Waals surface area contributed by atoms with E-state index in [1.54, 1.807) is 0 Å². The Labute approximate surface area is 113 Å². The van der Waals surface area contributed by atoms with Gasteiger partial charge in [-0.05, 0) is 30.0 Å².